The number of sulfone groups is 1. The molecule has 8 nitrogen and oxygen atoms in total. The molecule has 2 saturated heterocycles. The summed E-state index contributed by atoms with van der Waals surface area (Å²) in [5.74, 6) is 0.928. The van der Waals surface area contributed by atoms with Gasteiger partial charge in [-0.3, -0.25) is 4.90 Å². The Hall–Kier alpha value is -2.00. The summed E-state index contributed by atoms with van der Waals surface area (Å²) in [6.07, 6.45) is 3.83. The highest BCUT2D eigenvalue weighted by molar-refractivity contribution is 7.93. The molecule has 134 valence electrons. The molecule has 0 N–H and O–H groups in total. The molecule has 1 spiro atoms. The number of aryl methyl sites for hydroxylation is 1. The van der Waals surface area contributed by atoms with E-state index < -0.39 is 14.6 Å². The second-order valence-electron chi connectivity index (χ2n) is 6.79. The number of ether oxygens (including phenoxy) is 1. The molecule has 0 aliphatic carbocycles. The minimum absolute atomic E-state index is 0.0448. The van der Waals surface area contributed by atoms with E-state index in [1.54, 1.807) is 18.5 Å². The van der Waals surface area contributed by atoms with Gasteiger partial charge in [-0.15, -0.1) is 0 Å². The van der Waals surface area contributed by atoms with E-state index in [0.717, 1.165) is 11.5 Å². The van der Waals surface area contributed by atoms with E-state index in [4.69, 9.17) is 9.26 Å². The fourth-order valence-electron chi connectivity index (χ4n) is 3.79. The molecule has 2 aliphatic heterocycles. The van der Waals surface area contributed by atoms with Gasteiger partial charge in [0, 0.05) is 44.0 Å². The van der Waals surface area contributed by atoms with Gasteiger partial charge in [0.05, 0.1) is 18.1 Å². The summed E-state index contributed by atoms with van der Waals surface area (Å²) in [6, 6.07) is 3.88. The molecule has 4 rings (SSSR count). The van der Waals surface area contributed by atoms with Gasteiger partial charge in [-0.1, -0.05) is 5.16 Å². The maximum absolute atomic E-state index is 12.6. The average Bonchev–Trinajstić information content (AvgIpc) is 3.08. The standard InChI is InChI=1S/C16H20N4O4S/c1-12-7-14(19-24-12)8-20-10-16(11-20)13(3-6-25(16,21)22)9-23-15-17-4-2-5-18-15/h2,4-5,7,13H,3,6,8-11H2,1H3. The Morgan fingerprint density at radius 2 is 2.12 bits per heavy atom. The molecule has 0 radical (unpaired) electrons. The smallest absolute Gasteiger partial charge is 0.316 e. The third kappa shape index (κ3) is 2.91. The summed E-state index contributed by atoms with van der Waals surface area (Å²) in [5, 5.41) is 3.98. The van der Waals surface area contributed by atoms with Gasteiger partial charge in [0.25, 0.3) is 0 Å². The lowest BCUT2D eigenvalue weighted by Gasteiger charge is -2.49. The first kappa shape index (κ1) is 16.5. The van der Waals surface area contributed by atoms with Crippen molar-refractivity contribution < 1.29 is 17.7 Å². The number of aromatic nitrogens is 3. The minimum atomic E-state index is -3.13. The van der Waals surface area contributed by atoms with Crippen molar-refractivity contribution in [3.63, 3.8) is 0 Å². The average molecular weight is 364 g/mol. The fourth-order valence-corrected chi connectivity index (χ4v) is 6.24. The van der Waals surface area contributed by atoms with Crippen molar-refractivity contribution in [3.8, 4) is 6.01 Å². The predicted molar refractivity (Wildman–Crippen MR) is 88.7 cm³/mol. The zero-order valence-electron chi connectivity index (χ0n) is 14.0. The first-order valence-electron chi connectivity index (χ1n) is 8.25. The molecular weight excluding hydrogens is 344 g/mol. The summed E-state index contributed by atoms with van der Waals surface area (Å²) in [7, 11) is -3.13. The molecule has 0 aromatic carbocycles. The molecule has 2 aromatic rings. The molecule has 1 unspecified atom stereocenters. The van der Waals surface area contributed by atoms with Gasteiger partial charge in [-0.2, -0.15) is 0 Å². The van der Waals surface area contributed by atoms with Crippen molar-refractivity contribution >= 4 is 9.84 Å². The van der Waals surface area contributed by atoms with Crippen LogP contribution in [0.15, 0.2) is 29.0 Å². The molecular formula is C16H20N4O4S. The maximum Gasteiger partial charge on any atom is 0.316 e. The van der Waals surface area contributed by atoms with Crippen molar-refractivity contribution in [1.29, 1.82) is 0 Å². The molecule has 1 atom stereocenters. The Balaban J connectivity index is 1.43. The Morgan fingerprint density at radius 1 is 1.36 bits per heavy atom. The fraction of sp³-hybridized carbons (Fsp3) is 0.562. The summed E-state index contributed by atoms with van der Waals surface area (Å²) in [5.41, 5.74) is 0.827. The molecule has 0 saturated carbocycles. The lowest BCUT2D eigenvalue weighted by Crippen LogP contribution is -2.67. The lowest BCUT2D eigenvalue weighted by molar-refractivity contribution is 0.0555. The van der Waals surface area contributed by atoms with Gasteiger partial charge < -0.3 is 9.26 Å². The monoisotopic (exact) mass is 364 g/mol. The van der Waals surface area contributed by atoms with Crippen LogP contribution in [0, 0.1) is 12.8 Å². The van der Waals surface area contributed by atoms with Crippen LogP contribution in [0.2, 0.25) is 0 Å². The molecule has 9 heteroatoms. The maximum atomic E-state index is 12.6. The molecule has 2 aliphatic rings. The Morgan fingerprint density at radius 3 is 2.80 bits per heavy atom. The van der Waals surface area contributed by atoms with Crippen LogP contribution in [-0.2, 0) is 16.4 Å². The normalized spacial score (nSPS) is 24.3. The Bertz CT molecular complexity index is 846. The van der Waals surface area contributed by atoms with Crippen LogP contribution in [0.1, 0.15) is 17.9 Å². The third-order valence-corrected chi connectivity index (χ3v) is 7.70. The van der Waals surface area contributed by atoms with Crippen LogP contribution >= 0.6 is 0 Å². The molecule has 0 bridgehead atoms. The van der Waals surface area contributed by atoms with E-state index in [0.29, 0.717) is 32.7 Å². The summed E-state index contributed by atoms with van der Waals surface area (Å²) in [4.78, 5) is 10.1. The van der Waals surface area contributed by atoms with E-state index in [1.807, 2.05) is 13.0 Å². The van der Waals surface area contributed by atoms with Crippen LogP contribution < -0.4 is 4.74 Å². The van der Waals surface area contributed by atoms with Crippen molar-refractivity contribution in [3.05, 3.63) is 36.0 Å². The second kappa shape index (κ2) is 6.06. The van der Waals surface area contributed by atoms with Gasteiger partial charge in [-0.25, -0.2) is 18.4 Å². The minimum Gasteiger partial charge on any atom is -0.463 e. The van der Waals surface area contributed by atoms with Crippen LogP contribution in [-0.4, -0.2) is 58.6 Å². The first-order chi connectivity index (χ1) is 12.0. The van der Waals surface area contributed by atoms with Gasteiger partial charge in [-0.05, 0) is 19.4 Å². The number of hydrogen-bond donors (Lipinski definition) is 0. The largest absolute Gasteiger partial charge is 0.463 e. The van der Waals surface area contributed by atoms with Crippen molar-refractivity contribution in [2.75, 3.05) is 25.4 Å². The number of rotatable bonds is 5. The number of nitrogens with zero attached hydrogens (tertiary/aromatic N) is 4. The SMILES string of the molecule is Cc1cc(CN2CC3(C2)C(COc2ncccn2)CCS3(=O)=O)no1. The van der Waals surface area contributed by atoms with Gasteiger partial charge in [0.2, 0.25) is 0 Å². The van der Waals surface area contributed by atoms with Gasteiger partial charge in [0.1, 0.15) is 10.5 Å². The zero-order chi connectivity index (χ0) is 17.5. The van der Waals surface area contributed by atoms with E-state index in [2.05, 4.69) is 20.0 Å². The van der Waals surface area contributed by atoms with E-state index in [-0.39, 0.29) is 17.7 Å². The topological polar surface area (TPSA) is 98.4 Å². The predicted octanol–water partition coefficient (Wildman–Crippen LogP) is 0.841. The van der Waals surface area contributed by atoms with Crippen molar-refractivity contribution in [2.24, 2.45) is 5.92 Å². The Kier molecular flexibility index (Phi) is 3.99. The second-order valence-corrected chi connectivity index (χ2v) is 9.24. The van der Waals surface area contributed by atoms with E-state index in [9.17, 15) is 8.42 Å². The summed E-state index contributed by atoms with van der Waals surface area (Å²) < 4.78 is 35.3. The zero-order valence-corrected chi connectivity index (χ0v) is 14.8. The van der Waals surface area contributed by atoms with Crippen molar-refractivity contribution in [1.82, 2.24) is 20.0 Å². The van der Waals surface area contributed by atoms with Crippen LogP contribution in [0.25, 0.3) is 0 Å². The quantitative estimate of drug-likeness (QED) is 0.770. The van der Waals surface area contributed by atoms with E-state index in [1.165, 1.54) is 0 Å². The summed E-state index contributed by atoms with van der Waals surface area (Å²) >= 11 is 0. The van der Waals surface area contributed by atoms with E-state index >= 15 is 0 Å². The molecule has 0 amide bonds. The molecule has 25 heavy (non-hydrogen) atoms. The third-order valence-electron chi connectivity index (χ3n) is 5.10. The first-order valence-corrected chi connectivity index (χ1v) is 9.90. The highest BCUT2D eigenvalue weighted by Gasteiger charge is 2.61. The van der Waals surface area contributed by atoms with Crippen LogP contribution in [0.4, 0.5) is 0 Å². The summed E-state index contributed by atoms with van der Waals surface area (Å²) in [6.45, 7) is 3.77. The molecule has 4 heterocycles. The lowest BCUT2D eigenvalue weighted by atomic mass is 9.83. The number of hydrogen-bond acceptors (Lipinski definition) is 8. The highest BCUT2D eigenvalue weighted by Crippen LogP contribution is 2.45. The number of likely N-dealkylation sites (tertiary alicyclic amines) is 1. The van der Waals surface area contributed by atoms with Crippen molar-refractivity contribution in [2.45, 2.75) is 24.6 Å². The van der Waals surface area contributed by atoms with Gasteiger partial charge in [0.15, 0.2) is 9.84 Å². The molecule has 2 fully saturated rings. The highest BCUT2D eigenvalue weighted by atomic mass is 32.2. The molecule has 2 aromatic heterocycles. The van der Waals surface area contributed by atoms with Gasteiger partial charge >= 0.3 is 6.01 Å². The van der Waals surface area contributed by atoms with Crippen LogP contribution in [0.3, 0.4) is 0 Å². The Labute approximate surface area is 146 Å². The van der Waals surface area contributed by atoms with Crippen LogP contribution in [0.5, 0.6) is 6.01 Å².